The van der Waals surface area contributed by atoms with Crippen LogP contribution in [-0.2, 0) is 13.0 Å². The van der Waals surface area contributed by atoms with Crippen LogP contribution in [0.25, 0.3) is 0 Å². The number of hydrogen-bond acceptors (Lipinski definition) is 2. The summed E-state index contributed by atoms with van der Waals surface area (Å²) in [5.74, 6) is 0.836. The SMILES string of the molecule is CN=C(NCCc1ccc(N(C)C)cc1)NCc1ccccc1C. The molecule has 0 fully saturated rings. The zero-order chi connectivity index (χ0) is 17.4. The maximum absolute atomic E-state index is 4.29. The molecular weight excluding hydrogens is 296 g/mol. The molecule has 0 aromatic heterocycles. The Morgan fingerprint density at radius 1 is 1.00 bits per heavy atom. The van der Waals surface area contributed by atoms with Crippen molar-refractivity contribution in [2.45, 2.75) is 19.9 Å². The molecule has 0 unspecified atom stereocenters. The van der Waals surface area contributed by atoms with Crippen molar-refractivity contribution in [3.05, 3.63) is 65.2 Å². The van der Waals surface area contributed by atoms with Gasteiger partial charge in [-0.1, -0.05) is 36.4 Å². The van der Waals surface area contributed by atoms with Gasteiger partial charge in [0.1, 0.15) is 0 Å². The average Bonchev–Trinajstić information content (AvgIpc) is 2.59. The van der Waals surface area contributed by atoms with Gasteiger partial charge in [0.25, 0.3) is 0 Å². The molecule has 0 bridgehead atoms. The van der Waals surface area contributed by atoms with Crippen molar-refractivity contribution >= 4 is 11.6 Å². The number of hydrogen-bond donors (Lipinski definition) is 2. The van der Waals surface area contributed by atoms with Gasteiger partial charge in [0.15, 0.2) is 5.96 Å². The number of guanidine groups is 1. The smallest absolute Gasteiger partial charge is 0.191 e. The molecule has 2 N–H and O–H groups in total. The quantitative estimate of drug-likeness (QED) is 0.634. The summed E-state index contributed by atoms with van der Waals surface area (Å²) in [5, 5.41) is 6.74. The highest BCUT2D eigenvalue weighted by molar-refractivity contribution is 5.79. The molecule has 0 saturated heterocycles. The van der Waals surface area contributed by atoms with Crippen LogP contribution in [0.3, 0.4) is 0 Å². The molecule has 0 atom stereocenters. The predicted octanol–water partition coefficient (Wildman–Crippen LogP) is 2.97. The molecule has 0 aliphatic rings. The Labute approximate surface area is 145 Å². The molecule has 128 valence electrons. The summed E-state index contributed by atoms with van der Waals surface area (Å²) in [6.45, 7) is 3.77. The number of rotatable bonds is 6. The fourth-order valence-electron chi connectivity index (χ4n) is 2.49. The summed E-state index contributed by atoms with van der Waals surface area (Å²) in [4.78, 5) is 6.40. The minimum absolute atomic E-state index is 0.782. The summed E-state index contributed by atoms with van der Waals surface area (Å²) in [5.41, 5.74) is 5.13. The van der Waals surface area contributed by atoms with Crippen LogP contribution < -0.4 is 15.5 Å². The molecule has 4 heteroatoms. The number of nitrogens with zero attached hydrogens (tertiary/aromatic N) is 2. The molecule has 0 amide bonds. The molecule has 2 aromatic rings. The van der Waals surface area contributed by atoms with Crippen LogP contribution in [-0.4, -0.2) is 33.6 Å². The fourth-order valence-corrected chi connectivity index (χ4v) is 2.49. The third-order valence-electron chi connectivity index (χ3n) is 4.09. The van der Waals surface area contributed by atoms with Gasteiger partial charge in [0, 0.05) is 39.9 Å². The number of benzene rings is 2. The van der Waals surface area contributed by atoms with E-state index in [2.05, 4.69) is 90.1 Å². The van der Waals surface area contributed by atoms with Crippen LogP contribution in [0, 0.1) is 6.92 Å². The van der Waals surface area contributed by atoms with Gasteiger partial charge in [-0.05, 0) is 42.2 Å². The van der Waals surface area contributed by atoms with Crippen LogP contribution in [0.5, 0.6) is 0 Å². The van der Waals surface area contributed by atoms with E-state index in [0.717, 1.165) is 25.5 Å². The molecule has 4 nitrogen and oxygen atoms in total. The number of anilines is 1. The molecule has 0 saturated carbocycles. The topological polar surface area (TPSA) is 39.7 Å². The standard InChI is InChI=1S/C20H28N4/c1-16-7-5-6-8-18(16)15-23-20(21-2)22-14-13-17-9-11-19(12-10-17)24(3)4/h5-12H,13-15H2,1-4H3,(H2,21,22,23). The zero-order valence-electron chi connectivity index (χ0n) is 15.1. The Hall–Kier alpha value is -2.49. The van der Waals surface area contributed by atoms with Crippen LogP contribution in [0.4, 0.5) is 5.69 Å². The Bertz CT molecular complexity index is 660. The largest absolute Gasteiger partial charge is 0.378 e. The maximum Gasteiger partial charge on any atom is 0.191 e. The second-order valence-electron chi connectivity index (χ2n) is 6.09. The molecule has 0 radical (unpaired) electrons. The molecule has 0 spiro atoms. The van der Waals surface area contributed by atoms with Crippen molar-refractivity contribution in [3.63, 3.8) is 0 Å². The van der Waals surface area contributed by atoms with Crippen LogP contribution in [0.15, 0.2) is 53.5 Å². The third kappa shape index (κ3) is 5.30. The Morgan fingerprint density at radius 2 is 1.71 bits per heavy atom. The first-order valence-corrected chi connectivity index (χ1v) is 8.35. The molecule has 24 heavy (non-hydrogen) atoms. The van der Waals surface area contributed by atoms with Crippen molar-refractivity contribution in [2.24, 2.45) is 4.99 Å². The van der Waals surface area contributed by atoms with E-state index in [4.69, 9.17) is 0 Å². The zero-order valence-corrected chi connectivity index (χ0v) is 15.1. The van der Waals surface area contributed by atoms with Gasteiger partial charge in [-0.15, -0.1) is 0 Å². The Kier molecular flexibility index (Phi) is 6.67. The average molecular weight is 324 g/mol. The van der Waals surface area contributed by atoms with E-state index in [1.54, 1.807) is 7.05 Å². The van der Waals surface area contributed by atoms with E-state index in [1.165, 1.54) is 22.4 Å². The van der Waals surface area contributed by atoms with Gasteiger partial charge in [0.2, 0.25) is 0 Å². The van der Waals surface area contributed by atoms with E-state index in [1.807, 2.05) is 0 Å². The van der Waals surface area contributed by atoms with Gasteiger partial charge < -0.3 is 15.5 Å². The summed E-state index contributed by atoms with van der Waals surface area (Å²) in [7, 11) is 5.92. The normalized spacial score (nSPS) is 11.2. The van der Waals surface area contributed by atoms with Crippen molar-refractivity contribution in [2.75, 3.05) is 32.6 Å². The highest BCUT2D eigenvalue weighted by Gasteiger charge is 2.01. The number of nitrogens with one attached hydrogen (secondary N) is 2. The maximum atomic E-state index is 4.29. The van der Waals surface area contributed by atoms with Gasteiger partial charge >= 0.3 is 0 Å². The Balaban J connectivity index is 1.78. The molecule has 2 aromatic carbocycles. The summed E-state index contributed by atoms with van der Waals surface area (Å²) in [6.07, 6.45) is 0.971. The van der Waals surface area contributed by atoms with E-state index in [9.17, 15) is 0 Å². The Morgan fingerprint density at radius 3 is 2.33 bits per heavy atom. The minimum Gasteiger partial charge on any atom is -0.378 e. The number of aliphatic imine (C=N–C) groups is 1. The van der Waals surface area contributed by atoms with Crippen LogP contribution >= 0.6 is 0 Å². The fraction of sp³-hybridized carbons (Fsp3) is 0.350. The highest BCUT2D eigenvalue weighted by Crippen LogP contribution is 2.12. The van der Waals surface area contributed by atoms with Crippen molar-refractivity contribution in [1.82, 2.24) is 10.6 Å². The first-order chi connectivity index (χ1) is 11.6. The lowest BCUT2D eigenvalue weighted by Gasteiger charge is -2.14. The lowest BCUT2D eigenvalue weighted by molar-refractivity contribution is 0.792. The van der Waals surface area contributed by atoms with Gasteiger partial charge in [-0.3, -0.25) is 4.99 Å². The minimum atomic E-state index is 0.782. The first kappa shape index (κ1) is 17.9. The van der Waals surface area contributed by atoms with E-state index >= 15 is 0 Å². The van der Waals surface area contributed by atoms with Crippen molar-refractivity contribution in [1.29, 1.82) is 0 Å². The predicted molar refractivity (Wildman–Crippen MR) is 104 cm³/mol. The van der Waals surface area contributed by atoms with Crippen LogP contribution in [0.1, 0.15) is 16.7 Å². The molecule has 0 aliphatic heterocycles. The third-order valence-corrected chi connectivity index (χ3v) is 4.09. The van der Waals surface area contributed by atoms with Gasteiger partial charge in [0.05, 0.1) is 0 Å². The second-order valence-corrected chi connectivity index (χ2v) is 6.09. The highest BCUT2D eigenvalue weighted by atomic mass is 15.2. The lowest BCUT2D eigenvalue weighted by atomic mass is 10.1. The summed E-state index contributed by atoms with van der Waals surface area (Å²) in [6, 6.07) is 17.1. The second kappa shape index (κ2) is 8.96. The first-order valence-electron chi connectivity index (χ1n) is 8.35. The van der Waals surface area contributed by atoms with E-state index in [-0.39, 0.29) is 0 Å². The number of aryl methyl sites for hydroxylation is 1. The van der Waals surface area contributed by atoms with Crippen LogP contribution in [0.2, 0.25) is 0 Å². The molecule has 0 heterocycles. The monoisotopic (exact) mass is 324 g/mol. The lowest BCUT2D eigenvalue weighted by Crippen LogP contribution is -2.38. The van der Waals surface area contributed by atoms with Gasteiger partial charge in [-0.2, -0.15) is 0 Å². The van der Waals surface area contributed by atoms with Crippen molar-refractivity contribution in [3.8, 4) is 0 Å². The molecule has 0 aliphatic carbocycles. The summed E-state index contributed by atoms with van der Waals surface area (Å²) >= 11 is 0. The van der Waals surface area contributed by atoms with E-state index < -0.39 is 0 Å². The van der Waals surface area contributed by atoms with Crippen molar-refractivity contribution < 1.29 is 0 Å². The molecular formula is C20H28N4. The molecule has 2 rings (SSSR count). The van der Waals surface area contributed by atoms with E-state index in [0.29, 0.717) is 0 Å². The summed E-state index contributed by atoms with van der Waals surface area (Å²) < 4.78 is 0. The van der Waals surface area contributed by atoms with Gasteiger partial charge in [-0.25, -0.2) is 0 Å².